The van der Waals surface area contributed by atoms with E-state index in [2.05, 4.69) is 10.3 Å². The minimum Gasteiger partial charge on any atom is -0.339 e. The Bertz CT molecular complexity index is 740. The maximum atomic E-state index is 12.4. The highest BCUT2D eigenvalue weighted by molar-refractivity contribution is 7.09. The first kappa shape index (κ1) is 18.9. The van der Waals surface area contributed by atoms with E-state index >= 15 is 0 Å². The molecular formula is C18H24N4O2S. The predicted molar refractivity (Wildman–Crippen MR) is 101 cm³/mol. The Hall–Kier alpha value is -2.41. The van der Waals surface area contributed by atoms with Crippen molar-refractivity contribution in [3.05, 3.63) is 45.9 Å². The van der Waals surface area contributed by atoms with Crippen molar-refractivity contribution in [2.24, 2.45) is 0 Å². The number of aromatic nitrogens is 1. The van der Waals surface area contributed by atoms with E-state index in [0.717, 1.165) is 10.7 Å². The van der Waals surface area contributed by atoms with Gasteiger partial charge in [0.15, 0.2) is 0 Å². The number of carbonyl (C=O) groups is 2. The normalized spacial score (nSPS) is 10.4. The maximum Gasteiger partial charge on any atom is 0.321 e. The average molecular weight is 360 g/mol. The summed E-state index contributed by atoms with van der Waals surface area (Å²) in [5, 5.41) is 5.76. The zero-order valence-electron chi connectivity index (χ0n) is 15.1. The summed E-state index contributed by atoms with van der Waals surface area (Å²) in [5.74, 6) is -0.0348. The third kappa shape index (κ3) is 5.03. The van der Waals surface area contributed by atoms with Gasteiger partial charge in [0.2, 0.25) is 0 Å². The van der Waals surface area contributed by atoms with Gasteiger partial charge in [-0.2, -0.15) is 0 Å². The number of benzene rings is 1. The zero-order chi connectivity index (χ0) is 18.4. The summed E-state index contributed by atoms with van der Waals surface area (Å²) in [4.78, 5) is 32.4. The summed E-state index contributed by atoms with van der Waals surface area (Å²) < 4.78 is 0. The van der Waals surface area contributed by atoms with Gasteiger partial charge >= 0.3 is 6.03 Å². The van der Waals surface area contributed by atoms with Crippen LogP contribution in [0.15, 0.2) is 29.6 Å². The van der Waals surface area contributed by atoms with Gasteiger partial charge in [-0.05, 0) is 39.0 Å². The van der Waals surface area contributed by atoms with Crippen LogP contribution in [0.5, 0.6) is 0 Å². The number of carbonyl (C=O) groups excluding carboxylic acids is 2. The SMILES string of the molecule is CCN(CC)C(=O)c1cccc(NC(=O)N(C)Cc2csc(C)n2)c1. The van der Waals surface area contributed by atoms with E-state index in [1.807, 2.05) is 26.2 Å². The molecular weight excluding hydrogens is 336 g/mol. The van der Waals surface area contributed by atoms with Gasteiger partial charge in [0, 0.05) is 36.8 Å². The highest BCUT2D eigenvalue weighted by atomic mass is 32.1. The largest absolute Gasteiger partial charge is 0.339 e. The smallest absolute Gasteiger partial charge is 0.321 e. The molecule has 134 valence electrons. The van der Waals surface area contributed by atoms with Gasteiger partial charge in [-0.3, -0.25) is 4.79 Å². The third-order valence-corrected chi connectivity index (χ3v) is 4.65. The molecule has 6 nitrogen and oxygen atoms in total. The lowest BCUT2D eigenvalue weighted by Gasteiger charge is -2.20. The number of aryl methyl sites for hydroxylation is 1. The number of rotatable bonds is 6. The monoisotopic (exact) mass is 360 g/mol. The van der Waals surface area contributed by atoms with Crippen molar-refractivity contribution in [2.75, 3.05) is 25.5 Å². The van der Waals surface area contributed by atoms with Gasteiger partial charge in [-0.1, -0.05) is 6.07 Å². The second kappa shape index (κ2) is 8.62. The van der Waals surface area contributed by atoms with Gasteiger partial charge in [-0.15, -0.1) is 11.3 Å². The van der Waals surface area contributed by atoms with E-state index < -0.39 is 0 Å². The molecule has 3 amide bonds. The van der Waals surface area contributed by atoms with E-state index in [9.17, 15) is 9.59 Å². The molecule has 25 heavy (non-hydrogen) atoms. The lowest BCUT2D eigenvalue weighted by Crippen LogP contribution is -2.32. The van der Waals surface area contributed by atoms with Crippen LogP contribution in [0.25, 0.3) is 0 Å². The Labute approximate surface area is 152 Å². The van der Waals surface area contributed by atoms with Crippen LogP contribution in [-0.2, 0) is 6.54 Å². The number of nitrogens with zero attached hydrogens (tertiary/aromatic N) is 3. The number of amides is 3. The Morgan fingerprint density at radius 3 is 2.56 bits per heavy atom. The summed E-state index contributed by atoms with van der Waals surface area (Å²) in [7, 11) is 1.72. The van der Waals surface area contributed by atoms with Gasteiger partial charge < -0.3 is 15.1 Å². The van der Waals surface area contributed by atoms with Crippen LogP contribution in [0.3, 0.4) is 0 Å². The van der Waals surface area contributed by atoms with Crippen LogP contribution in [0.4, 0.5) is 10.5 Å². The molecule has 0 unspecified atom stereocenters. The van der Waals surface area contributed by atoms with Crippen molar-refractivity contribution in [1.82, 2.24) is 14.8 Å². The highest BCUT2D eigenvalue weighted by Crippen LogP contribution is 2.15. The highest BCUT2D eigenvalue weighted by Gasteiger charge is 2.15. The predicted octanol–water partition coefficient (Wildman–Crippen LogP) is 3.60. The fourth-order valence-corrected chi connectivity index (χ4v) is 3.04. The third-order valence-electron chi connectivity index (χ3n) is 3.82. The van der Waals surface area contributed by atoms with Crippen molar-refractivity contribution in [3.8, 4) is 0 Å². The first-order valence-electron chi connectivity index (χ1n) is 8.27. The van der Waals surface area contributed by atoms with Crippen LogP contribution in [0.1, 0.15) is 34.9 Å². The molecule has 7 heteroatoms. The average Bonchev–Trinajstić information content (AvgIpc) is 3.00. The standard InChI is InChI=1S/C18H24N4O2S/c1-5-22(6-2)17(23)14-8-7-9-15(10-14)20-18(24)21(4)11-16-12-25-13(3)19-16/h7-10,12H,5-6,11H2,1-4H3,(H,20,24). The Kier molecular flexibility index (Phi) is 6.52. The van der Waals surface area contributed by atoms with Crippen molar-refractivity contribution < 1.29 is 9.59 Å². The molecule has 0 fully saturated rings. The van der Waals surface area contributed by atoms with Crippen LogP contribution in [0.2, 0.25) is 0 Å². The van der Waals surface area contributed by atoms with Crippen LogP contribution < -0.4 is 5.32 Å². The summed E-state index contributed by atoms with van der Waals surface area (Å²) in [6.45, 7) is 7.58. The van der Waals surface area contributed by atoms with Crippen molar-refractivity contribution >= 4 is 29.0 Å². The topological polar surface area (TPSA) is 65.5 Å². The molecule has 1 heterocycles. The number of urea groups is 1. The second-order valence-corrected chi connectivity index (χ2v) is 6.76. The summed E-state index contributed by atoms with van der Waals surface area (Å²) in [6.07, 6.45) is 0. The number of anilines is 1. The van der Waals surface area contributed by atoms with Crippen LogP contribution in [-0.4, -0.2) is 46.9 Å². The molecule has 0 aliphatic rings. The fourth-order valence-electron chi connectivity index (χ4n) is 2.44. The molecule has 2 aromatic rings. The number of hydrogen-bond donors (Lipinski definition) is 1. The molecule has 2 rings (SSSR count). The summed E-state index contributed by atoms with van der Waals surface area (Å²) >= 11 is 1.56. The van der Waals surface area contributed by atoms with Crippen LogP contribution >= 0.6 is 11.3 Å². The number of nitrogens with one attached hydrogen (secondary N) is 1. The van der Waals surface area contributed by atoms with E-state index in [-0.39, 0.29) is 11.9 Å². The van der Waals surface area contributed by atoms with Gasteiger partial charge in [0.05, 0.1) is 17.2 Å². The molecule has 0 atom stereocenters. The number of thiazole rings is 1. The Balaban J connectivity index is 2.03. The quantitative estimate of drug-likeness (QED) is 0.856. The van der Waals surface area contributed by atoms with E-state index in [4.69, 9.17) is 0 Å². The van der Waals surface area contributed by atoms with Crippen molar-refractivity contribution in [2.45, 2.75) is 27.3 Å². The maximum absolute atomic E-state index is 12.4. The second-order valence-electron chi connectivity index (χ2n) is 5.70. The first-order valence-corrected chi connectivity index (χ1v) is 9.15. The Morgan fingerprint density at radius 2 is 1.96 bits per heavy atom. The Morgan fingerprint density at radius 1 is 1.24 bits per heavy atom. The van der Waals surface area contributed by atoms with Gasteiger partial charge in [0.1, 0.15) is 0 Å². The van der Waals surface area contributed by atoms with Gasteiger partial charge in [0.25, 0.3) is 5.91 Å². The molecule has 0 aliphatic heterocycles. The summed E-state index contributed by atoms with van der Waals surface area (Å²) in [6, 6.07) is 6.78. The molecule has 0 aliphatic carbocycles. The molecule has 0 saturated carbocycles. The van der Waals surface area contributed by atoms with E-state index in [0.29, 0.717) is 30.9 Å². The molecule has 1 aromatic heterocycles. The minimum absolute atomic E-state index is 0.0348. The lowest BCUT2D eigenvalue weighted by atomic mass is 10.1. The van der Waals surface area contributed by atoms with Crippen LogP contribution in [0, 0.1) is 6.92 Å². The van der Waals surface area contributed by atoms with Crippen molar-refractivity contribution in [3.63, 3.8) is 0 Å². The molecule has 0 spiro atoms. The fraction of sp³-hybridized carbons (Fsp3) is 0.389. The minimum atomic E-state index is -0.238. The molecule has 1 N–H and O–H groups in total. The molecule has 0 radical (unpaired) electrons. The first-order chi connectivity index (χ1) is 11.9. The molecule has 0 bridgehead atoms. The van der Waals surface area contributed by atoms with Gasteiger partial charge in [-0.25, -0.2) is 9.78 Å². The van der Waals surface area contributed by atoms with Crippen molar-refractivity contribution in [1.29, 1.82) is 0 Å². The lowest BCUT2D eigenvalue weighted by molar-refractivity contribution is 0.0773. The van der Waals surface area contributed by atoms with E-state index in [1.165, 1.54) is 0 Å². The zero-order valence-corrected chi connectivity index (χ0v) is 15.9. The molecule has 0 saturated heterocycles. The summed E-state index contributed by atoms with van der Waals surface area (Å²) in [5.41, 5.74) is 2.04. The van der Waals surface area contributed by atoms with E-state index in [1.54, 1.807) is 52.4 Å². The molecule has 1 aromatic carbocycles. The number of hydrogen-bond acceptors (Lipinski definition) is 4.